The highest BCUT2D eigenvalue weighted by Gasteiger charge is 2.18. The Hall–Kier alpha value is -2.87. The van der Waals surface area contributed by atoms with Crippen LogP contribution in [0.2, 0.25) is 0 Å². The molecule has 0 aliphatic rings. The molecule has 0 atom stereocenters. The lowest BCUT2D eigenvalue weighted by Gasteiger charge is -2.09. The van der Waals surface area contributed by atoms with E-state index in [-0.39, 0.29) is 5.69 Å². The second kappa shape index (κ2) is 5.40. The SMILES string of the molecule is O=C(O)c1cc(F)cc(S(=O)(=O)Nc2ccc3cc[nH]c3c2)c1. The largest absolute Gasteiger partial charge is 0.478 e. The molecule has 0 aliphatic carbocycles. The van der Waals surface area contributed by atoms with Gasteiger partial charge in [0.1, 0.15) is 5.82 Å². The molecule has 8 heteroatoms. The van der Waals surface area contributed by atoms with Crippen molar-refractivity contribution in [2.75, 3.05) is 4.72 Å². The summed E-state index contributed by atoms with van der Waals surface area (Å²) >= 11 is 0. The van der Waals surface area contributed by atoms with Crippen LogP contribution in [0.3, 0.4) is 0 Å². The van der Waals surface area contributed by atoms with Crippen molar-refractivity contribution in [3.63, 3.8) is 0 Å². The van der Waals surface area contributed by atoms with E-state index in [4.69, 9.17) is 5.11 Å². The zero-order valence-corrected chi connectivity index (χ0v) is 12.4. The number of hydrogen-bond donors (Lipinski definition) is 3. The van der Waals surface area contributed by atoms with Gasteiger partial charge in [0.05, 0.1) is 16.1 Å². The molecule has 23 heavy (non-hydrogen) atoms. The zero-order chi connectivity index (χ0) is 16.6. The van der Waals surface area contributed by atoms with E-state index in [2.05, 4.69) is 9.71 Å². The van der Waals surface area contributed by atoms with Gasteiger partial charge in [0, 0.05) is 11.7 Å². The van der Waals surface area contributed by atoms with Crippen LogP contribution < -0.4 is 4.72 Å². The van der Waals surface area contributed by atoms with Crippen molar-refractivity contribution in [2.24, 2.45) is 0 Å². The Morgan fingerprint density at radius 2 is 1.91 bits per heavy atom. The van der Waals surface area contributed by atoms with Crippen LogP contribution in [0.1, 0.15) is 10.4 Å². The number of fused-ring (bicyclic) bond motifs is 1. The molecule has 0 spiro atoms. The minimum Gasteiger partial charge on any atom is -0.478 e. The van der Waals surface area contributed by atoms with Crippen LogP contribution in [-0.4, -0.2) is 24.5 Å². The predicted molar refractivity (Wildman–Crippen MR) is 82.5 cm³/mol. The molecule has 0 fully saturated rings. The molecule has 1 heterocycles. The highest BCUT2D eigenvalue weighted by molar-refractivity contribution is 7.92. The lowest BCUT2D eigenvalue weighted by atomic mass is 10.2. The highest BCUT2D eigenvalue weighted by Crippen LogP contribution is 2.22. The lowest BCUT2D eigenvalue weighted by molar-refractivity contribution is 0.0696. The van der Waals surface area contributed by atoms with Crippen LogP contribution in [0.15, 0.2) is 53.6 Å². The van der Waals surface area contributed by atoms with Crippen LogP contribution in [0.4, 0.5) is 10.1 Å². The molecule has 0 radical (unpaired) electrons. The number of aromatic amines is 1. The van der Waals surface area contributed by atoms with E-state index >= 15 is 0 Å². The molecule has 0 saturated heterocycles. The molecule has 2 aromatic carbocycles. The molecule has 1 aromatic heterocycles. The Kier molecular flexibility index (Phi) is 3.53. The van der Waals surface area contributed by atoms with E-state index in [1.54, 1.807) is 24.4 Å². The number of anilines is 1. The molecular weight excluding hydrogens is 323 g/mol. The summed E-state index contributed by atoms with van der Waals surface area (Å²) in [5, 5.41) is 9.81. The fourth-order valence-corrected chi connectivity index (χ4v) is 3.27. The number of carbonyl (C=O) groups is 1. The van der Waals surface area contributed by atoms with Crippen LogP contribution in [-0.2, 0) is 10.0 Å². The molecule has 118 valence electrons. The van der Waals surface area contributed by atoms with Crippen LogP contribution >= 0.6 is 0 Å². The summed E-state index contributed by atoms with van der Waals surface area (Å²) in [7, 11) is -4.11. The summed E-state index contributed by atoms with van der Waals surface area (Å²) < 4.78 is 40.4. The van der Waals surface area contributed by atoms with Crippen LogP contribution in [0.25, 0.3) is 10.9 Å². The Labute approximate surface area is 130 Å². The first kappa shape index (κ1) is 15.0. The number of aromatic nitrogens is 1. The predicted octanol–water partition coefficient (Wildman–Crippen LogP) is 2.81. The van der Waals surface area contributed by atoms with Gasteiger partial charge in [0.2, 0.25) is 0 Å². The number of halogens is 1. The number of rotatable bonds is 4. The van der Waals surface area contributed by atoms with Gasteiger partial charge in [-0.15, -0.1) is 0 Å². The number of carboxylic acid groups (broad SMARTS) is 1. The molecular formula is C15H11FN2O4S. The molecule has 3 aromatic rings. The van der Waals surface area contributed by atoms with Crippen molar-refractivity contribution >= 4 is 32.6 Å². The third-order valence-electron chi connectivity index (χ3n) is 3.24. The minimum absolute atomic E-state index is 0.279. The number of carboxylic acids is 1. The molecule has 3 rings (SSSR count). The first-order valence-electron chi connectivity index (χ1n) is 6.49. The summed E-state index contributed by atoms with van der Waals surface area (Å²) in [5.41, 5.74) is 0.571. The van der Waals surface area contributed by atoms with Crippen molar-refractivity contribution in [1.82, 2.24) is 4.98 Å². The number of H-pyrrole nitrogens is 1. The van der Waals surface area contributed by atoms with Gasteiger partial charge in [-0.2, -0.15) is 0 Å². The monoisotopic (exact) mass is 334 g/mol. The zero-order valence-electron chi connectivity index (χ0n) is 11.6. The Morgan fingerprint density at radius 1 is 1.13 bits per heavy atom. The maximum absolute atomic E-state index is 13.5. The lowest BCUT2D eigenvalue weighted by Crippen LogP contribution is -2.14. The minimum atomic E-state index is -4.11. The fraction of sp³-hybridized carbons (Fsp3) is 0. The van der Waals surface area contributed by atoms with Crippen molar-refractivity contribution in [2.45, 2.75) is 4.90 Å². The van der Waals surface area contributed by atoms with Crippen LogP contribution in [0, 0.1) is 5.82 Å². The maximum atomic E-state index is 13.5. The molecule has 6 nitrogen and oxygen atoms in total. The molecule has 0 unspecified atom stereocenters. The number of aromatic carboxylic acids is 1. The van der Waals surface area contributed by atoms with E-state index in [9.17, 15) is 17.6 Å². The molecule has 0 bridgehead atoms. The van der Waals surface area contributed by atoms with E-state index in [0.717, 1.165) is 29.1 Å². The smallest absolute Gasteiger partial charge is 0.335 e. The quantitative estimate of drug-likeness (QED) is 0.683. The second-order valence-corrected chi connectivity index (χ2v) is 6.55. The molecule has 0 amide bonds. The fourth-order valence-electron chi connectivity index (χ4n) is 2.17. The molecule has 3 N–H and O–H groups in total. The summed E-state index contributed by atoms with van der Waals surface area (Å²) in [6, 6.07) is 9.13. The number of hydrogen-bond acceptors (Lipinski definition) is 3. The summed E-state index contributed by atoms with van der Waals surface area (Å²) in [6.45, 7) is 0. The van der Waals surface area contributed by atoms with Crippen molar-refractivity contribution in [1.29, 1.82) is 0 Å². The van der Waals surface area contributed by atoms with E-state index < -0.39 is 32.3 Å². The first-order valence-corrected chi connectivity index (χ1v) is 7.97. The topological polar surface area (TPSA) is 99.3 Å². The third kappa shape index (κ3) is 3.02. The molecule has 0 saturated carbocycles. The summed E-state index contributed by atoms with van der Waals surface area (Å²) in [4.78, 5) is 13.4. The standard InChI is InChI=1S/C15H11FN2O4S/c16-11-5-10(15(19)20)6-13(7-11)23(21,22)18-12-2-1-9-3-4-17-14(9)8-12/h1-8,17-18H,(H,19,20). The van der Waals surface area contributed by atoms with Gasteiger partial charge in [-0.1, -0.05) is 6.07 Å². The van der Waals surface area contributed by atoms with Gasteiger partial charge in [-0.05, 0) is 41.8 Å². The van der Waals surface area contributed by atoms with Gasteiger partial charge in [0.25, 0.3) is 10.0 Å². The van der Waals surface area contributed by atoms with E-state index in [1.807, 2.05) is 6.07 Å². The van der Waals surface area contributed by atoms with Crippen molar-refractivity contribution in [3.8, 4) is 0 Å². The van der Waals surface area contributed by atoms with Gasteiger partial charge < -0.3 is 10.1 Å². The average Bonchev–Trinajstić information content (AvgIpc) is 2.93. The van der Waals surface area contributed by atoms with E-state index in [1.165, 1.54) is 0 Å². The van der Waals surface area contributed by atoms with Gasteiger partial charge in [-0.25, -0.2) is 17.6 Å². The van der Waals surface area contributed by atoms with E-state index in [0.29, 0.717) is 0 Å². The number of sulfonamides is 1. The third-order valence-corrected chi connectivity index (χ3v) is 4.60. The first-order chi connectivity index (χ1) is 10.8. The highest BCUT2D eigenvalue weighted by atomic mass is 32.2. The Morgan fingerprint density at radius 3 is 2.65 bits per heavy atom. The Balaban J connectivity index is 1.99. The van der Waals surface area contributed by atoms with Crippen LogP contribution in [0.5, 0.6) is 0 Å². The van der Waals surface area contributed by atoms with Crippen molar-refractivity contribution < 1.29 is 22.7 Å². The number of benzene rings is 2. The van der Waals surface area contributed by atoms with Gasteiger partial charge in [-0.3, -0.25) is 4.72 Å². The van der Waals surface area contributed by atoms with Gasteiger partial charge in [0.15, 0.2) is 0 Å². The van der Waals surface area contributed by atoms with Gasteiger partial charge >= 0.3 is 5.97 Å². The second-order valence-electron chi connectivity index (χ2n) is 4.87. The summed E-state index contributed by atoms with van der Waals surface area (Å²) in [6.07, 6.45) is 1.72. The van der Waals surface area contributed by atoms with Crippen molar-refractivity contribution in [3.05, 3.63) is 60.0 Å². The maximum Gasteiger partial charge on any atom is 0.335 e. The number of nitrogens with one attached hydrogen (secondary N) is 2. The Bertz CT molecular complexity index is 1010. The average molecular weight is 334 g/mol. The molecule has 0 aliphatic heterocycles. The summed E-state index contributed by atoms with van der Waals surface area (Å²) in [5.74, 6) is -2.35. The normalized spacial score (nSPS) is 11.5.